The standard InChI is InChI=1S/C19H29F2N3O2/c1-14(3-4-15-5-7-17(8-6-15)26-19(20)21)23-16-9-11-24(12-10-16)13-18(25)22-2/h5-8,14,16,19,23H,3-4,9-13H2,1-2H3,(H,22,25). The molecule has 1 aromatic rings. The molecule has 146 valence electrons. The second kappa shape index (κ2) is 10.4. The van der Waals surface area contributed by atoms with Crippen molar-refractivity contribution in [2.24, 2.45) is 0 Å². The Kier molecular flexibility index (Phi) is 8.25. The van der Waals surface area contributed by atoms with Gasteiger partial charge < -0.3 is 15.4 Å². The van der Waals surface area contributed by atoms with E-state index in [0.29, 0.717) is 18.6 Å². The monoisotopic (exact) mass is 369 g/mol. The number of likely N-dealkylation sites (tertiary alicyclic amines) is 1. The number of hydrogen-bond donors (Lipinski definition) is 2. The predicted molar refractivity (Wildman–Crippen MR) is 97.5 cm³/mol. The number of piperidine rings is 1. The summed E-state index contributed by atoms with van der Waals surface area (Å²) >= 11 is 0. The lowest BCUT2D eigenvalue weighted by Crippen LogP contribution is -2.47. The lowest BCUT2D eigenvalue weighted by Gasteiger charge is -2.33. The Morgan fingerprint density at radius 3 is 2.50 bits per heavy atom. The first-order valence-electron chi connectivity index (χ1n) is 9.19. The molecule has 0 saturated carbocycles. The van der Waals surface area contributed by atoms with Gasteiger partial charge in [-0.3, -0.25) is 9.69 Å². The van der Waals surface area contributed by atoms with Gasteiger partial charge in [-0.15, -0.1) is 0 Å². The highest BCUT2D eigenvalue weighted by atomic mass is 19.3. The predicted octanol–water partition coefficient (Wildman–Crippen LogP) is 2.41. The molecule has 1 aromatic carbocycles. The topological polar surface area (TPSA) is 53.6 Å². The van der Waals surface area contributed by atoms with E-state index in [1.165, 1.54) is 0 Å². The Balaban J connectivity index is 1.66. The van der Waals surface area contributed by atoms with Gasteiger partial charge in [-0.2, -0.15) is 8.78 Å². The molecule has 26 heavy (non-hydrogen) atoms. The first-order chi connectivity index (χ1) is 12.5. The van der Waals surface area contributed by atoms with E-state index in [2.05, 4.69) is 27.2 Å². The van der Waals surface area contributed by atoms with Crippen LogP contribution in [0.5, 0.6) is 5.75 Å². The Bertz CT molecular complexity index is 546. The highest BCUT2D eigenvalue weighted by molar-refractivity contribution is 5.77. The molecule has 0 bridgehead atoms. The fraction of sp³-hybridized carbons (Fsp3) is 0.632. The van der Waals surface area contributed by atoms with E-state index >= 15 is 0 Å². The summed E-state index contributed by atoms with van der Waals surface area (Å²) in [4.78, 5) is 13.6. The Morgan fingerprint density at radius 2 is 1.92 bits per heavy atom. The van der Waals surface area contributed by atoms with Crippen molar-refractivity contribution < 1.29 is 18.3 Å². The molecule has 1 aliphatic rings. The fourth-order valence-electron chi connectivity index (χ4n) is 3.25. The van der Waals surface area contributed by atoms with Gasteiger partial charge in [0.25, 0.3) is 0 Å². The van der Waals surface area contributed by atoms with Gasteiger partial charge >= 0.3 is 6.61 Å². The summed E-state index contributed by atoms with van der Waals surface area (Å²) < 4.78 is 28.7. The second-order valence-corrected chi connectivity index (χ2v) is 6.85. The molecule has 7 heteroatoms. The van der Waals surface area contributed by atoms with Gasteiger partial charge in [-0.05, 0) is 50.3 Å². The van der Waals surface area contributed by atoms with Crippen molar-refractivity contribution in [1.29, 1.82) is 0 Å². The first kappa shape index (κ1) is 20.6. The van der Waals surface area contributed by atoms with E-state index in [9.17, 15) is 13.6 Å². The minimum atomic E-state index is -2.78. The summed E-state index contributed by atoms with van der Waals surface area (Å²) in [5, 5.41) is 6.32. The third-order valence-electron chi connectivity index (χ3n) is 4.77. The zero-order valence-electron chi connectivity index (χ0n) is 15.5. The quantitative estimate of drug-likeness (QED) is 0.702. The lowest BCUT2D eigenvalue weighted by molar-refractivity contribution is -0.122. The lowest BCUT2D eigenvalue weighted by atomic mass is 10.0. The van der Waals surface area contributed by atoms with Gasteiger partial charge in [0.1, 0.15) is 5.75 Å². The van der Waals surface area contributed by atoms with Crippen molar-refractivity contribution in [3.05, 3.63) is 29.8 Å². The molecule has 0 radical (unpaired) electrons. The Morgan fingerprint density at radius 1 is 1.27 bits per heavy atom. The number of likely N-dealkylation sites (N-methyl/N-ethyl adjacent to an activating group) is 1. The summed E-state index contributed by atoms with van der Waals surface area (Å²) in [6, 6.07) is 7.70. The third kappa shape index (κ3) is 7.25. The molecule has 1 saturated heterocycles. The summed E-state index contributed by atoms with van der Waals surface area (Å²) in [5.74, 6) is 0.258. The van der Waals surface area contributed by atoms with Crippen LogP contribution in [-0.4, -0.2) is 56.2 Å². The number of amides is 1. The first-order valence-corrected chi connectivity index (χ1v) is 9.19. The van der Waals surface area contributed by atoms with Crippen LogP contribution in [0.15, 0.2) is 24.3 Å². The highest BCUT2D eigenvalue weighted by Crippen LogP contribution is 2.17. The smallest absolute Gasteiger partial charge is 0.387 e. The fourth-order valence-corrected chi connectivity index (χ4v) is 3.25. The molecule has 1 fully saturated rings. The van der Waals surface area contributed by atoms with Crippen LogP contribution in [0, 0.1) is 0 Å². The van der Waals surface area contributed by atoms with Crippen molar-refractivity contribution in [1.82, 2.24) is 15.5 Å². The van der Waals surface area contributed by atoms with Crippen LogP contribution in [0.1, 0.15) is 31.7 Å². The Labute approximate surface area is 154 Å². The number of halogens is 2. The molecule has 0 aromatic heterocycles. The van der Waals surface area contributed by atoms with Crippen LogP contribution in [0.3, 0.4) is 0 Å². The largest absolute Gasteiger partial charge is 0.435 e. The van der Waals surface area contributed by atoms with Crippen LogP contribution < -0.4 is 15.4 Å². The number of rotatable bonds is 9. The van der Waals surface area contributed by atoms with Crippen molar-refractivity contribution >= 4 is 5.91 Å². The molecule has 2 N–H and O–H groups in total. The minimum absolute atomic E-state index is 0.0646. The second-order valence-electron chi connectivity index (χ2n) is 6.85. The maximum Gasteiger partial charge on any atom is 0.387 e. The van der Waals surface area contributed by atoms with E-state index in [1.54, 1.807) is 19.2 Å². The summed E-state index contributed by atoms with van der Waals surface area (Å²) in [6.07, 6.45) is 3.95. The highest BCUT2D eigenvalue weighted by Gasteiger charge is 2.21. The molecular formula is C19H29F2N3O2. The molecule has 1 heterocycles. The van der Waals surface area contributed by atoms with Crippen LogP contribution in [0.4, 0.5) is 8.78 Å². The van der Waals surface area contributed by atoms with Gasteiger partial charge in [0.15, 0.2) is 0 Å². The summed E-state index contributed by atoms with van der Waals surface area (Å²) in [6.45, 7) is 1.73. The van der Waals surface area contributed by atoms with Gasteiger partial charge in [-0.1, -0.05) is 12.1 Å². The maximum atomic E-state index is 12.1. The van der Waals surface area contributed by atoms with Crippen molar-refractivity contribution in [2.75, 3.05) is 26.7 Å². The molecular weight excluding hydrogens is 340 g/mol. The molecule has 0 aliphatic carbocycles. The van der Waals surface area contributed by atoms with E-state index in [-0.39, 0.29) is 11.7 Å². The average molecular weight is 369 g/mol. The van der Waals surface area contributed by atoms with Crippen LogP contribution >= 0.6 is 0 Å². The number of aryl methyl sites for hydroxylation is 1. The van der Waals surface area contributed by atoms with Crippen LogP contribution in [0.2, 0.25) is 0 Å². The Hall–Kier alpha value is -1.73. The zero-order chi connectivity index (χ0) is 18.9. The molecule has 1 atom stereocenters. The van der Waals surface area contributed by atoms with Crippen molar-refractivity contribution in [2.45, 2.75) is 51.3 Å². The zero-order valence-corrected chi connectivity index (χ0v) is 15.5. The van der Waals surface area contributed by atoms with Crippen molar-refractivity contribution in [3.8, 4) is 5.75 Å². The number of benzene rings is 1. The molecule has 1 amide bonds. The summed E-state index contributed by atoms with van der Waals surface area (Å²) in [5.41, 5.74) is 1.11. The van der Waals surface area contributed by atoms with Crippen LogP contribution in [-0.2, 0) is 11.2 Å². The number of hydrogen-bond acceptors (Lipinski definition) is 4. The van der Waals surface area contributed by atoms with Gasteiger partial charge in [0, 0.05) is 32.2 Å². The number of alkyl halides is 2. The van der Waals surface area contributed by atoms with E-state index in [4.69, 9.17) is 0 Å². The van der Waals surface area contributed by atoms with E-state index < -0.39 is 6.61 Å². The van der Waals surface area contributed by atoms with Gasteiger partial charge in [0.05, 0.1) is 6.54 Å². The van der Waals surface area contributed by atoms with E-state index in [1.807, 2.05) is 12.1 Å². The maximum absolute atomic E-state index is 12.1. The molecule has 2 rings (SSSR count). The molecule has 1 unspecified atom stereocenters. The molecule has 5 nitrogen and oxygen atoms in total. The SMILES string of the molecule is CNC(=O)CN1CCC(NC(C)CCc2ccc(OC(F)F)cc2)CC1. The number of carbonyl (C=O) groups is 1. The summed E-state index contributed by atoms with van der Waals surface area (Å²) in [7, 11) is 1.66. The number of nitrogens with zero attached hydrogens (tertiary/aromatic N) is 1. The van der Waals surface area contributed by atoms with E-state index in [0.717, 1.165) is 44.3 Å². The van der Waals surface area contributed by atoms with Gasteiger partial charge in [0.2, 0.25) is 5.91 Å². The number of ether oxygens (including phenoxy) is 1. The van der Waals surface area contributed by atoms with Crippen molar-refractivity contribution in [3.63, 3.8) is 0 Å². The molecule has 1 aliphatic heterocycles. The van der Waals surface area contributed by atoms with Gasteiger partial charge in [-0.25, -0.2) is 0 Å². The third-order valence-corrected chi connectivity index (χ3v) is 4.77. The number of nitrogens with one attached hydrogen (secondary N) is 2. The van der Waals surface area contributed by atoms with Crippen LogP contribution in [0.25, 0.3) is 0 Å². The molecule has 0 spiro atoms. The number of carbonyl (C=O) groups excluding carboxylic acids is 1. The normalized spacial score (nSPS) is 17.3. The average Bonchev–Trinajstić information content (AvgIpc) is 2.62. The minimum Gasteiger partial charge on any atom is -0.435 e.